The Bertz CT molecular complexity index is 208. The third-order valence-electron chi connectivity index (χ3n) is 2.08. The lowest BCUT2D eigenvalue weighted by molar-refractivity contribution is -0.460. The Labute approximate surface area is 59.6 Å². The molecule has 0 aliphatic carbocycles. The Balaban J connectivity index is 2.22. The summed E-state index contributed by atoms with van der Waals surface area (Å²) in [6.45, 7) is 1.66. The van der Waals surface area contributed by atoms with Crippen LogP contribution in [0.4, 0.5) is 0 Å². The molecule has 2 rings (SSSR count). The van der Waals surface area contributed by atoms with E-state index < -0.39 is 0 Å². The highest BCUT2D eigenvalue weighted by Crippen LogP contribution is 2.20. The molecule has 1 fully saturated rings. The molecule has 3 heteroatoms. The second-order valence-electron chi connectivity index (χ2n) is 2.78. The summed E-state index contributed by atoms with van der Waals surface area (Å²) in [5.41, 5.74) is 1.24. The lowest BCUT2D eigenvalue weighted by Gasteiger charge is -2.13. The average Bonchev–Trinajstić information content (AvgIpc) is 2.33. The van der Waals surface area contributed by atoms with Crippen molar-refractivity contribution >= 4 is 6.21 Å². The van der Waals surface area contributed by atoms with E-state index >= 15 is 0 Å². The number of rotatable bonds is 0. The summed E-state index contributed by atoms with van der Waals surface area (Å²) >= 11 is 0. The van der Waals surface area contributed by atoms with Gasteiger partial charge in [-0.3, -0.25) is 0 Å². The molecule has 0 saturated carbocycles. The van der Waals surface area contributed by atoms with Crippen LogP contribution >= 0.6 is 0 Å². The maximum Gasteiger partial charge on any atom is 0.176 e. The van der Waals surface area contributed by atoms with Gasteiger partial charge >= 0.3 is 0 Å². The van der Waals surface area contributed by atoms with Gasteiger partial charge in [-0.05, 0) is 6.42 Å². The van der Waals surface area contributed by atoms with E-state index in [9.17, 15) is 5.21 Å². The van der Waals surface area contributed by atoms with Gasteiger partial charge in [-0.15, -0.1) is 0 Å². The van der Waals surface area contributed by atoms with Crippen molar-refractivity contribution in [3.8, 4) is 0 Å². The van der Waals surface area contributed by atoms with E-state index in [1.807, 2.05) is 6.08 Å². The molecule has 0 aromatic carbocycles. The molecule has 10 heavy (non-hydrogen) atoms. The van der Waals surface area contributed by atoms with Crippen LogP contribution in [0, 0.1) is 11.1 Å². The average molecular weight is 138 g/mol. The third-order valence-corrected chi connectivity index (χ3v) is 2.08. The maximum atomic E-state index is 10.8. The van der Waals surface area contributed by atoms with Crippen molar-refractivity contribution in [3.05, 3.63) is 17.0 Å². The first-order chi connectivity index (χ1) is 4.86. The first-order valence-corrected chi connectivity index (χ1v) is 3.59. The molecular weight excluding hydrogens is 128 g/mol. The van der Waals surface area contributed by atoms with Gasteiger partial charge in [0, 0.05) is 18.3 Å². The minimum Gasteiger partial charge on any atom is -0.624 e. The zero-order chi connectivity index (χ0) is 6.97. The molecule has 3 nitrogen and oxygen atoms in total. The molecule has 0 aromatic heterocycles. The predicted molar refractivity (Wildman–Crippen MR) is 38.8 cm³/mol. The molecule has 1 unspecified atom stereocenters. The van der Waals surface area contributed by atoms with E-state index in [0.29, 0.717) is 12.5 Å². The van der Waals surface area contributed by atoms with E-state index in [4.69, 9.17) is 0 Å². The highest BCUT2D eigenvalue weighted by Gasteiger charge is 2.25. The zero-order valence-electron chi connectivity index (χ0n) is 5.71. The highest BCUT2D eigenvalue weighted by molar-refractivity contribution is 5.68. The van der Waals surface area contributed by atoms with Crippen molar-refractivity contribution in [3.63, 3.8) is 0 Å². The van der Waals surface area contributed by atoms with Crippen molar-refractivity contribution in [1.82, 2.24) is 5.32 Å². The largest absolute Gasteiger partial charge is 0.624 e. The number of allylic oxidation sites excluding steroid dienone is 1. The molecule has 1 atom stereocenters. The Kier molecular flexibility index (Phi) is 1.16. The number of hydrogen-bond donors (Lipinski definition) is 1. The summed E-state index contributed by atoms with van der Waals surface area (Å²) in [6, 6.07) is 0. The van der Waals surface area contributed by atoms with Crippen LogP contribution < -0.4 is 5.32 Å². The molecule has 0 amide bonds. The van der Waals surface area contributed by atoms with Gasteiger partial charge in [0.25, 0.3) is 0 Å². The van der Waals surface area contributed by atoms with Crippen molar-refractivity contribution < 1.29 is 4.74 Å². The molecule has 0 bridgehead atoms. The van der Waals surface area contributed by atoms with Gasteiger partial charge in [0.1, 0.15) is 0 Å². The van der Waals surface area contributed by atoms with Crippen LogP contribution in [0.25, 0.3) is 0 Å². The fourth-order valence-electron chi connectivity index (χ4n) is 1.52. The van der Waals surface area contributed by atoms with E-state index in [0.717, 1.165) is 17.7 Å². The van der Waals surface area contributed by atoms with Gasteiger partial charge in [-0.2, -0.15) is 0 Å². The molecule has 2 aliphatic heterocycles. The molecule has 2 heterocycles. The normalized spacial score (nSPS) is 30.2. The molecule has 0 aromatic rings. The maximum absolute atomic E-state index is 10.8. The molecule has 2 aliphatic rings. The Morgan fingerprint density at radius 1 is 1.70 bits per heavy atom. The molecular formula is C7H10N2O. The summed E-state index contributed by atoms with van der Waals surface area (Å²) in [5, 5.41) is 14.0. The minimum absolute atomic E-state index is 0.475. The van der Waals surface area contributed by atoms with Crippen LogP contribution in [-0.2, 0) is 0 Å². The standard InChI is InChI=1S/C7H10N2O/c10-9-4-2-7-6(5-9)1-3-8-7/h2,4,6,8H,1,3,5H2. The quantitative estimate of drug-likeness (QED) is 0.380. The Hall–Kier alpha value is -0.990. The van der Waals surface area contributed by atoms with Crippen LogP contribution in [0.1, 0.15) is 6.42 Å². The molecule has 1 saturated heterocycles. The number of nitrogens with zero attached hydrogens (tertiary/aromatic N) is 1. The van der Waals surface area contributed by atoms with Crippen LogP contribution in [0.5, 0.6) is 0 Å². The lowest BCUT2D eigenvalue weighted by Crippen LogP contribution is -2.22. The predicted octanol–water partition coefficient (Wildman–Crippen LogP) is 0.0745. The van der Waals surface area contributed by atoms with E-state index in [1.54, 1.807) is 6.21 Å². The molecule has 0 radical (unpaired) electrons. The lowest BCUT2D eigenvalue weighted by atomic mass is 10.0. The van der Waals surface area contributed by atoms with E-state index in [-0.39, 0.29) is 0 Å². The topological polar surface area (TPSA) is 38.1 Å². The van der Waals surface area contributed by atoms with Gasteiger partial charge in [0.2, 0.25) is 0 Å². The number of fused-ring (bicyclic) bond motifs is 1. The summed E-state index contributed by atoms with van der Waals surface area (Å²) in [4.78, 5) is 0. The number of hydrogen-bond acceptors (Lipinski definition) is 2. The van der Waals surface area contributed by atoms with Gasteiger partial charge in [0.15, 0.2) is 12.8 Å². The zero-order valence-corrected chi connectivity index (χ0v) is 5.71. The Morgan fingerprint density at radius 2 is 2.60 bits per heavy atom. The van der Waals surface area contributed by atoms with Crippen LogP contribution in [-0.4, -0.2) is 24.0 Å². The third kappa shape index (κ3) is 0.781. The molecule has 0 spiro atoms. The van der Waals surface area contributed by atoms with Crippen LogP contribution in [0.3, 0.4) is 0 Å². The van der Waals surface area contributed by atoms with Gasteiger partial charge in [-0.25, -0.2) is 4.74 Å². The highest BCUT2D eigenvalue weighted by atomic mass is 16.5. The van der Waals surface area contributed by atoms with Crippen molar-refractivity contribution in [2.24, 2.45) is 5.92 Å². The monoisotopic (exact) mass is 138 g/mol. The minimum atomic E-state index is 0.475. The van der Waals surface area contributed by atoms with Gasteiger partial charge in [-0.1, -0.05) is 0 Å². The van der Waals surface area contributed by atoms with E-state index in [2.05, 4.69) is 5.32 Å². The fourth-order valence-corrected chi connectivity index (χ4v) is 1.52. The van der Waals surface area contributed by atoms with Crippen LogP contribution in [0.15, 0.2) is 11.8 Å². The smallest absolute Gasteiger partial charge is 0.176 e. The molecule has 54 valence electrons. The first-order valence-electron chi connectivity index (χ1n) is 3.59. The van der Waals surface area contributed by atoms with Gasteiger partial charge < -0.3 is 10.5 Å². The van der Waals surface area contributed by atoms with Crippen molar-refractivity contribution in [2.45, 2.75) is 6.42 Å². The first kappa shape index (κ1) is 5.77. The summed E-state index contributed by atoms with van der Waals surface area (Å²) < 4.78 is 1.00. The molecule has 1 N–H and O–H groups in total. The van der Waals surface area contributed by atoms with Crippen molar-refractivity contribution in [2.75, 3.05) is 13.1 Å². The van der Waals surface area contributed by atoms with Gasteiger partial charge in [0.05, 0.1) is 5.92 Å². The SMILES string of the molecule is [O-][N+]1=CC=C2NCCC2C1. The summed E-state index contributed by atoms with van der Waals surface area (Å²) in [7, 11) is 0. The van der Waals surface area contributed by atoms with E-state index in [1.165, 1.54) is 5.70 Å². The van der Waals surface area contributed by atoms with Crippen LogP contribution in [0.2, 0.25) is 0 Å². The Morgan fingerprint density at radius 3 is 3.50 bits per heavy atom. The van der Waals surface area contributed by atoms with Crippen molar-refractivity contribution in [1.29, 1.82) is 0 Å². The fraction of sp³-hybridized carbons (Fsp3) is 0.571. The number of nitrogens with one attached hydrogen (secondary N) is 1. The summed E-state index contributed by atoms with van der Waals surface area (Å²) in [5.74, 6) is 0.475. The number of hydroxylamine groups is 1. The summed E-state index contributed by atoms with van der Waals surface area (Å²) in [6.07, 6.45) is 4.58. The second kappa shape index (κ2) is 2.01. The second-order valence-corrected chi connectivity index (χ2v) is 2.78.